The monoisotopic (exact) mass is 391 g/mol. The molecule has 4 aromatic rings. The molecule has 1 amide bonds. The van der Waals surface area contributed by atoms with Gasteiger partial charge in [0.15, 0.2) is 4.96 Å². The molecule has 6 heteroatoms. The van der Waals surface area contributed by atoms with Crippen LogP contribution >= 0.6 is 11.3 Å². The lowest BCUT2D eigenvalue weighted by molar-refractivity contribution is -0.115. The number of imidazole rings is 1. The minimum absolute atomic E-state index is 0.0463. The molecule has 0 saturated carbocycles. The fourth-order valence-electron chi connectivity index (χ4n) is 3.02. The summed E-state index contributed by atoms with van der Waals surface area (Å²) in [7, 11) is 0. The Hall–Kier alpha value is -3.12. The van der Waals surface area contributed by atoms with Gasteiger partial charge in [0, 0.05) is 28.5 Å². The highest BCUT2D eigenvalue weighted by Crippen LogP contribution is 2.24. The average Bonchev–Trinajstić information content (AvgIpc) is 3.26. The molecule has 2 aromatic heterocycles. The number of rotatable bonds is 6. The largest absolute Gasteiger partial charge is 0.494 e. The molecule has 0 saturated heterocycles. The second kappa shape index (κ2) is 7.86. The maximum Gasteiger partial charge on any atom is 0.228 e. The standard InChI is InChI=1S/C22H21N3O2S/c1-3-27-19-10-4-16(5-11-19)12-21(26)23-18-8-6-17(7-9-18)20-13-25-15(2)14-28-22(25)24-20/h4-11,13-14H,3,12H2,1-2H3,(H,23,26). The van der Waals surface area contributed by atoms with Crippen molar-refractivity contribution < 1.29 is 9.53 Å². The molecule has 0 atom stereocenters. The number of carbonyl (C=O) groups excluding carboxylic acids is 1. The summed E-state index contributed by atoms with van der Waals surface area (Å²) in [4.78, 5) is 18.0. The fourth-order valence-corrected chi connectivity index (χ4v) is 3.87. The van der Waals surface area contributed by atoms with Gasteiger partial charge in [0.05, 0.1) is 18.7 Å². The van der Waals surface area contributed by atoms with Crippen LogP contribution in [0.5, 0.6) is 5.75 Å². The Morgan fingerprint density at radius 2 is 1.89 bits per heavy atom. The lowest BCUT2D eigenvalue weighted by Gasteiger charge is -2.07. The van der Waals surface area contributed by atoms with Gasteiger partial charge in [0.25, 0.3) is 0 Å². The Bertz CT molecular complexity index is 1100. The van der Waals surface area contributed by atoms with Crippen LogP contribution in [0.15, 0.2) is 60.1 Å². The number of aromatic nitrogens is 2. The zero-order valence-electron chi connectivity index (χ0n) is 15.8. The van der Waals surface area contributed by atoms with Crippen LogP contribution in [0, 0.1) is 6.92 Å². The number of hydrogen-bond donors (Lipinski definition) is 1. The topological polar surface area (TPSA) is 55.6 Å². The Labute approximate surface area is 167 Å². The summed E-state index contributed by atoms with van der Waals surface area (Å²) >= 11 is 1.63. The van der Waals surface area contributed by atoms with Crippen LogP contribution in [0.4, 0.5) is 5.69 Å². The molecule has 2 heterocycles. The molecule has 0 aliphatic carbocycles. The van der Waals surface area contributed by atoms with E-state index < -0.39 is 0 Å². The van der Waals surface area contributed by atoms with E-state index in [4.69, 9.17) is 4.74 Å². The van der Waals surface area contributed by atoms with Gasteiger partial charge in [-0.15, -0.1) is 11.3 Å². The van der Waals surface area contributed by atoms with Crippen molar-refractivity contribution in [2.45, 2.75) is 20.3 Å². The Morgan fingerprint density at radius 1 is 1.14 bits per heavy atom. The molecule has 0 bridgehead atoms. The van der Waals surface area contributed by atoms with Crippen LogP contribution in [-0.4, -0.2) is 21.9 Å². The van der Waals surface area contributed by atoms with Gasteiger partial charge in [-0.1, -0.05) is 24.3 Å². The average molecular weight is 391 g/mol. The van der Waals surface area contributed by atoms with Crippen LogP contribution in [0.1, 0.15) is 18.2 Å². The zero-order valence-corrected chi connectivity index (χ0v) is 16.6. The van der Waals surface area contributed by atoms with E-state index >= 15 is 0 Å². The molecule has 5 nitrogen and oxygen atoms in total. The molecule has 142 valence electrons. The molecule has 0 aliphatic rings. The Morgan fingerprint density at radius 3 is 2.57 bits per heavy atom. The van der Waals surface area contributed by atoms with E-state index in [9.17, 15) is 4.79 Å². The number of nitrogens with zero attached hydrogens (tertiary/aromatic N) is 2. The number of aryl methyl sites for hydroxylation is 1. The predicted octanol–water partition coefficient (Wildman–Crippen LogP) is 4.95. The number of ether oxygens (including phenoxy) is 1. The van der Waals surface area contributed by atoms with Crippen LogP contribution in [0.2, 0.25) is 0 Å². The van der Waals surface area contributed by atoms with Crippen LogP contribution in [0.25, 0.3) is 16.2 Å². The lowest BCUT2D eigenvalue weighted by Crippen LogP contribution is -2.14. The van der Waals surface area contributed by atoms with Gasteiger partial charge in [0.1, 0.15) is 5.75 Å². The van der Waals surface area contributed by atoms with Crippen LogP contribution in [-0.2, 0) is 11.2 Å². The van der Waals surface area contributed by atoms with Crippen molar-refractivity contribution in [1.82, 2.24) is 9.38 Å². The summed E-state index contributed by atoms with van der Waals surface area (Å²) in [6.07, 6.45) is 2.37. The van der Waals surface area contributed by atoms with Crippen molar-refractivity contribution in [3.63, 3.8) is 0 Å². The van der Waals surface area contributed by atoms with Gasteiger partial charge in [-0.25, -0.2) is 4.98 Å². The third kappa shape index (κ3) is 3.92. The summed E-state index contributed by atoms with van der Waals surface area (Å²) in [5.74, 6) is 0.770. The van der Waals surface area contributed by atoms with E-state index in [0.29, 0.717) is 13.0 Å². The highest BCUT2D eigenvalue weighted by atomic mass is 32.1. The van der Waals surface area contributed by atoms with Crippen LogP contribution < -0.4 is 10.1 Å². The Kier molecular flexibility index (Phi) is 5.12. The van der Waals surface area contributed by atoms with Crippen molar-refractivity contribution in [2.24, 2.45) is 0 Å². The molecular weight excluding hydrogens is 370 g/mol. The number of hydrogen-bond acceptors (Lipinski definition) is 4. The van der Waals surface area contributed by atoms with Crippen molar-refractivity contribution in [3.05, 3.63) is 71.4 Å². The zero-order chi connectivity index (χ0) is 19.5. The predicted molar refractivity (Wildman–Crippen MR) is 113 cm³/mol. The molecule has 2 aromatic carbocycles. The van der Waals surface area contributed by atoms with Crippen molar-refractivity contribution in [3.8, 4) is 17.0 Å². The normalized spacial score (nSPS) is 10.9. The summed E-state index contributed by atoms with van der Waals surface area (Å²) < 4.78 is 7.51. The lowest BCUT2D eigenvalue weighted by atomic mass is 10.1. The summed E-state index contributed by atoms with van der Waals surface area (Å²) in [6, 6.07) is 15.4. The fraction of sp³-hybridized carbons (Fsp3) is 0.182. The second-order valence-corrected chi connectivity index (χ2v) is 7.37. The van der Waals surface area contributed by atoms with E-state index in [-0.39, 0.29) is 5.91 Å². The van der Waals surface area contributed by atoms with Gasteiger partial charge in [-0.05, 0) is 43.7 Å². The van der Waals surface area contributed by atoms with Crippen molar-refractivity contribution in [1.29, 1.82) is 0 Å². The number of fused-ring (bicyclic) bond motifs is 1. The second-order valence-electron chi connectivity index (χ2n) is 6.54. The SMILES string of the molecule is CCOc1ccc(CC(=O)Nc2ccc(-c3cn4c(C)csc4n3)cc2)cc1. The molecule has 0 spiro atoms. The summed E-state index contributed by atoms with van der Waals surface area (Å²) in [6.45, 7) is 4.65. The highest BCUT2D eigenvalue weighted by Gasteiger charge is 2.09. The number of benzene rings is 2. The first-order chi connectivity index (χ1) is 13.6. The third-order valence-corrected chi connectivity index (χ3v) is 5.41. The molecule has 0 radical (unpaired) electrons. The van der Waals surface area contributed by atoms with E-state index in [2.05, 4.69) is 27.0 Å². The first-order valence-corrected chi connectivity index (χ1v) is 10.1. The smallest absolute Gasteiger partial charge is 0.228 e. The minimum Gasteiger partial charge on any atom is -0.494 e. The number of thiazole rings is 1. The quantitative estimate of drug-likeness (QED) is 0.506. The molecular formula is C22H21N3O2S. The van der Waals surface area contributed by atoms with Gasteiger partial charge in [-0.2, -0.15) is 0 Å². The first-order valence-electron chi connectivity index (χ1n) is 9.17. The third-order valence-electron chi connectivity index (χ3n) is 4.45. The van der Waals surface area contributed by atoms with E-state index in [1.165, 1.54) is 5.69 Å². The van der Waals surface area contributed by atoms with Gasteiger partial charge >= 0.3 is 0 Å². The summed E-state index contributed by atoms with van der Waals surface area (Å²) in [5, 5.41) is 5.04. The Balaban J connectivity index is 1.40. The van der Waals surface area contributed by atoms with Gasteiger partial charge in [-0.3, -0.25) is 9.20 Å². The van der Waals surface area contributed by atoms with Gasteiger partial charge in [0.2, 0.25) is 5.91 Å². The number of amides is 1. The number of carbonyl (C=O) groups is 1. The summed E-state index contributed by atoms with van der Waals surface area (Å²) in [5.41, 5.74) is 4.86. The van der Waals surface area contributed by atoms with E-state index in [0.717, 1.165) is 33.2 Å². The molecule has 0 aliphatic heterocycles. The molecule has 0 unspecified atom stereocenters. The first kappa shape index (κ1) is 18.3. The van der Waals surface area contributed by atoms with E-state index in [1.54, 1.807) is 11.3 Å². The number of anilines is 1. The minimum atomic E-state index is -0.0463. The van der Waals surface area contributed by atoms with E-state index in [1.807, 2.05) is 61.7 Å². The van der Waals surface area contributed by atoms with Crippen LogP contribution in [0.3, 0.4) is 0 Å². The highest BCUT2D eigenvalue weighted by molar-refractivity contribution is 7.15. The molecule has 28 heavy (non-hydrogen) atoms. The molecule has 1 N–H and O–H groups in total. The maximum atomic E-state index is 12.3. The maximum absolute atomic E-state index is 12.3. The van der Waals surface area contributed by atoms with Crippen molar-refractivity contribution >= 4 is 27.9 Å². The van der Waals surface area contributed by atoms with Crippen molar-refractivity contribution in [2.75, 3.05) is 11.9 Å². The molecule has 0 fully saturated rings. The number of nitrogens with one attached hydrogen (secondary N) is 1. The molecule has 4 rings (SSSR count). The van der Waals surface area contributed by atoms with Gasteiger partial charge < -0.3 is 10.1 Å².